The molecule has 3 aliphatic rings. The second-order valence-electron chi connectivity index (χ2n) is 6.70. The molecule has 1 aromatic rings. The van der Waals surface area contributed by atoms with Crippen LogP contribution in [-0.2, 0) is 14.3 Å². The third-order valence-corrected chi connectivity index (χ3v) is 5.37. The molecule has 0 bridgehead atoms. The van der Waals surface area contributed by atoms with Gasteiger partial charge in [0, 0.05) is 25.1 Å². The Bertz CT molecular complexity index is 708. The van der Waals surface area contributed by atoms with E-state index in [0.29, 0.717) is 38.1 Å². The highest BCUT2D eigenvalue weighted by atomic mass is 16.5. The summed E-state index contributed by atoms with van der Waals surface area (Å²) in [6, 6.07) is 8.54. The number of amides is 3. The molecule has 0 aliphatic carbocycles. The van der Waals surface area contributed by atoms with Gasteiger partial charge in [-0.15, -0.1) is 0 Å². The number of hydrogen-bond acceptors (Lipinski definition) is 4. The number of rotatable bonds is 3. The maximum Gasteiger partial charge on any atom is 0.251 e. The lowest BCUT2D eigenvalue weighted by Crippen LogP contribution is -2.57. The van der Waals surface area contributed by atoms with E-state index in [1.54, 1.807) is 34.1 Å². The van der Waals surface area contributed by atoms with E-state index in [0.717, 1.165) is 6.42 Å². The molecule has 25 heavy (non-hydrogen) atoms. The number of benzene rings is 1. The number of carbonyl (C=O) groups is 3. The smallest absolute Gasteiger partial charge is 0.251 e. The van der Waals surface area contributed by atoms with Crippen molar-refractivity contribution in [3.05, 3.63) is 35.9 Å². The fourth-order valence-electron chi connectivity index (χ4n) is 4.20. The summed E-state index contributed by atoms with van der Waals surface area (Å²) < 4.78 is 5.98. The second kappa shape index (κ2) is 6.15. The summed E-state index contributed by atoms with van der Waals surface area (Å²) >= 11 is 0. The molecule has 7 heteroatoms. The van der Waals surface area contributed by atoms with Crippen LogP contribution in [0.5, 0.6) is 0 Å². The highest BCUT2D eigenvalue weighted by Gasteiger charge is 2.61. The van der Waals surface area contributed by atoms with Crippen molar-refractivity contribution >= 4 is 17.7 Å². The highest BCUT2D eigenvalue weighted by molar-refractivity contribution is 5.96. The summed E-state index contributed by atoms with van der Waals surface area (Å²) in [6.07, 6.45) is 1.78. The van der Waals surface area contributed by atoms with Gasteiger partial charge in [-0.05, 0) is 18.6 Å². The molecule has 0 radical (unpaired) electrons. The van der Waals surface area contributed by atoms with Gasteiger partial charge in [0.2, 0.25) is 11.8 Å². The Morgan fingerprint density at radius 3 is 2.84 bits per heavy atom. The summed E-state index contributed by atoms with van der Waals surface area (Å²) in [5.74, 6) is -0.397. The lowest BCUT2D eigenvalue weighted by molar-refractivity contribution is -0.181. The van der Waals surface area contributed by atoms with E-state index in [-0.39, 0.29) is 30.3 Å². The van der Waals surface area contributed by atoms with E-state index in [2.05, 4.69) is 5.32 Å². The number of likely N-dealkylation sites (tertiary alicyclic amines) is 1. The van der Waals surface area contributed by atoms with Gasteiger partial charge < -0.3 is 19.9 Å². The number of nitrogens with one attached hydrogen (secondary N) is 1. The van der Waals surface area contributed by atoms with Crippen LogP contribution in [0.25, 0.3) is 0 Å². The van der Waals surface area contributed by atoms with Crippen molar-refractivity contribution in [3.8, 4) is 0 Å². The van der Waals surface area contributed by atoms with Gasteiger partial charge in [-0.2, -0.15) is 0 Å². The van der Waals surface area contributed by atoms with E-state index in [1.807, 2.05) is 6.07 Å². The average Bonchev–Trinajstić information content (AvgIpc) is 3.12. The lowest BCUT2D eigenvalue weighted by Gasteiger charge is -2.42. The quantitative estimate of drug-likeness (QED) is 0.860. The Morgan fingerprint density at radius 1 is 1.24 bits per heavy atom. The molecular formula is C18H21N3O4. The van der Waals surface area contributed by atoms with Crippen LogP contribution in [0.15, 0.2) is 30.3 Å². The summed E-state index contributed by atoms with van der Waals surface area (Å²) in [5.41, 5.74) is -0.125. The first-order valence-electron chi connectivity index (χ1n) is 8.69. The SMILES string of the molecule is O=C(NCC(=O)N1CC[C@@]23OCCCN2C(=O)C[C@@H]13)c1ccccc1. The van der Waals surface area contributed by atoms with Crippen LogP contribution in [0.3, 0.4) is 0 Å². The molecule has 0 saturated carbocycles. The van der Waals surface area contributed by atoms with Crippen molar-refractivity contribution in [2.45, 2.75) is 31.0 Å². The summed E-state index contributed by atoms with van der Waals surface area (Å²) in [5, 5.41) is 2.67. The van der Waals surface area contributed by atoms with E-state index in [1.165, 1.54) is 0 Å². The molecule has 3 aliphatic heterocycles. The zero-order valence-electron chi connectivity index (χ0n) is 13.9. The number of ether oxygens (including phenoxy) is 1. The molecular weight excluding hydrogens is 322 g/mol. The first kappa shape index (κ1) is 16.1. The molecule has 7 nitrogen and oxygen atoms in total. The maximum absolute atomic E-state index is 12.6. The zero-order chi connectivity index (χ0) is 17.4. The van der Waals surface area contributed by atoms with E-state index in [9.17, 15) is 14.4 Å². The van der Waals surface area contributed by atoms with E-state index < -0.39 is 5.72 Å². The molecule has 1 aromatic carbocycles. The molecule has 3 heterocycles. The monoisotopic (exact) mass is 343 g/mol. The highest BCUT2D eigenvalue weighted by Crippen LogP contribution is 2.44. The second-order valence-corrected chi connectivity index (χ2v) is 6.70. The summed E-state index contributed by atoms with van der Waals surface area (Å²) in [7, 11) is 0. The molecule has 4 rings (SSSR count). The number of nitrogens with zero attached hydrogens (tertiary/aromatic N) is 2. The minimum Gasteiger partial charge on any atom is -0.353 e. The van der Waals surface area contributed by atoms with Crippen LogP contribution >= 0.6 is 0 Å². The topological polar surface area (TPSA) is 79.0 Å². The molecule has 132 valence electrons. The third-order valence-electron chi connectivity index (χ3n) is 5.37. The van der Waals surface area contributed by atoms with Crippen molar-refractivity contribution < 1.29 is 19.1 Å². The Morgan fingerprint density at radius 2 is 2.04 bits per heavy atom. The van der Waals surface area contributed by atoms with Gasteiger partial charge in [0.25, 0.3) is 5.91 Å². The van der Waals surface area contributed by atoms with Crippen molar-refractivity contribution in [3.63, 3.8) is 0 Å². The normalized spacial score (nSPS) is 27.8. The minimum atomic E-state index is -0.644. The van der Waals surface area contributed by atoms with E-state index >= 15 is 0 Å². The molecule has 1 N–H and O–H groups in total. The predicted octanol–water partition coefficient (Wildman–Crippen LogP) is 0.366. The van der Waals surface area contributed by atoms with Gasteiger partial charge in [0.05, 0.1) is 25.6 Å². The fourth-order valence-corrected chi connectivity index (χ4v) is 4.20. The summed E-state index contributed by atoms with van der Waals surface area (Å²) in [6.45, 7) is 1.79. The molecule has 0 unspecified atom stereocenters. The molecule has 0 aromatic heterocycles. The molecule has 3 saturated heterocycles. The minimum absolute atomic E-state index is 0.0514. The number of hydrogen-bond donors (Lipinski definition) is 1. The Kier molecular flexibility index (Phi) is 3.95. The molecule has 1 spiro atoms. The predicted molar refractivity (Wildman–Crippen MR) is 88.5 cm³/mol. The van der Waals surface area contributed by atoms with Gasteiger partial charge in [-0.1, -0.05) is 18.2 Å². The fraction of sp³-hybridized carbons (Fsp3) is 0.500. The van der Waals surface area contributed by atoms with Crippen LogP contribution in [0.2, 0.25) is 0 Å². The van der Waals surface area contributed by atoms with Gasteiger partial charge in [-0.25, -0.2) is 0 Å². The Balaban J connectivity index is 1.42. The van der Waals surface area contributed by atoms with Gasteiger partial charge in [0.15, 0.2) is 5.72 Å². The van der Waals surface area contributed by atoms with Crippen molar-refractivity contribution in [2.24, 2.45) is 0 Å². The molecule has 3 amide bonds. The van der Waals surface area contributed by atoms with Crippen molar-refractivity contribution in [1.29, 1.82) is 0 Å². The molecule has 3 fully saturated rings. The first-order chi connectivity index (χ1) is 12.1. The van der Waals surface area contributed by atoms with Crippen LogP contribution in [0.1, 0.15) is 29.6 Å². The Labute approximate surface area is 145 Å². The Hall–Kier alpha value is -2.41. The van der Waals surface area contributed by atoms with Crippen LogP contribution in [0, 0.1) is 0 Å². The average molecular weight is 343 g/mol. The largest absolute Gasteiger partial charge is 0.353 e. The molecule has 2 atom stereocenters. The number of carbonyl (C=O) groups excluding carboxylic acids is 3. The van der Waals surface area contributed by atoms with Gasteiger partial charge in [0.1, 0.15) is 0 Å². The van der Waals surface area contributed by atoms with Crippen molar-refractivity contribution in [1.82, 2.24) is 15.1 Å². The van der Waals surface area contributed by atoms with Crippen LogP contribution in [-0.4, -0.2) is 65.5 Å². The maximum atomic E-state index is 12.6. The first-order valence-corrected chi connectivity index (χ1v) is 8.69. The van der Waals surface area contributed by atoms with Crippen LogP contribution in [0.4, 0.5) is 0 Å². The van der Waals surface area contributed by atoms with Gasteiger partial charge in [-0.3, -0.25) is 14.4 Å². The standard InChI is InChI=1S/C18H21N3O4/c22-15-11-14-18(21(15)8-4-10-25-18)7-9-20(14)16(23)12-19-17(24)13-5-2-1-3-6-13/h1-3,5-6,14H,4,7-12H2,(H,19,24)/t14-,18+/m1/s1. The third kappa shape index (κ3) is 2.59. The van der Waals surface area contributed by atoms with Gasteiger partial charge >= 0.3 is 0 Å². The summed E-state index contributed by atoms with van der Waals surface area (Å²) in [4.78, 5) is 40.5. The zero-order valence-corrected chi connectivity index (χ0v) is 13.9. The van der Waals surface area contributed by atoms with Crippen molar-refractivity contribution in [2.75, 3.05) is 26.2 Å². The van der Waals surface area contributed by atoms with Crippen LogP contribution < -0.4 is 5.32 Å². The lowest BCUT2D eigenvalue weighted by atomic mass is 10.0. The van der Waals surface area contributed by atoms with E-state index in [4.69, 9.17) is 4.74 Å².